The molecule has 1 fully saturated rings. The summed E-state index contributed by atoms with van der Waals surface area (Å²) in [5.74, 6) is 0.412. The summed E-state index contributed by atoms with van der Waals surface area (Å²) in [6.45, 7) is 0.981. The Balaban J connectivity index is 1.56. The van der Waals surface area contributed by atoms with Gasteiger partial charge >= 0.3 is 5.97 Å². The topological polar surface area (TPSA) is 80.3 Å². The quantitative estimate of drug-likeness (QED) is 0.658. The largest absolute Gasteiger partial charge is 0.467 e. The summed E-state index contributed by atoms with van der Waals surface area (Å²) in [6.07, 6.45) is 2.16. The number of hydrogen-bond acceptors (Lipinski definition) is 7. The maximum absolute atomic E-state index is 12.5. The minimum Gasteiger partial charge on any atom is -0.467 e. The maximum Gasteiger partial charge on any atom is 0.329 e. The van der Waals surface area contributed by atoms with Crippen molar-refractivity contribution in [3.05, 3.63) is 52.0 Å². The maximum atomic E-state index is 12.5. The lowest BCUT2D eigenvalue weighted by Gasteiger charge is -2.15. The third-order valence-corrected chi connectivity index (χ3v) is 6.36. The molecule has 1 aliphatic heterocycles. The molecule has 1 saturated heterocycles. The Hall–Kier alpha value is -1.90. The van der Waals surface area contributed by atoms with Gasteiger partial charge in [0.05, 0.1) is 13.2 Å². The molecule has 3 rings (SSSR count). The summed E-state index contributed by atoms with van der Waals surface area (Å²) >= 11 is 3.05. The average molecular weight is 406 g/mol. The molecule has 0 aliphatic carbocycles. The first-order valence-electron chi connectivity index (χ1n) is 8.86. The highest BCUT2D eigenvalue weighted by Gasteiger charge is 2.25. The van der Waals surface area contributed by atoms with Crippen molar-refractivity contribution in [1.82, 2.24) is 15.6 Å². The molecule has 0 saturated carbocycles. The van der Waals surface area contributed by atoms with E-state index in [1.165, 1.54) is 24.0 Å². The van der Waals surface area contributed by atoms with Crippen molar-refractivity contribution in [1.29, 1.82) is 0 Å². The zero-order valence-corrected chi connectivity index (χ0v) is 16.8. The van der Waals surface area contributed by atoms with Crippen LogP contribution in [0.25, 0.3) is 0 Å². The summed E-state index contributed by atoms with van der Waals surface area (Å²) in [7, 11) is 1.33. The molecule has 1 amide bonds. The number of carbonyl (C=O) groups is 2. The molecule has 0 bridgehead atoms. The van der Waals surface area contributed by atoms with Crippen LogP contribution in [-0.4, -0.2) is 42.3 Å². The Morgan fingerprint density at radius 1 is 1.41 bits per heavy atom. The average Bonchev–Trinajstić information content (AvgIpc) is 3.38. The number of ether oxygens (including phenoxy) is 1. The molecule has 144 valence electrons. The molecule has 1 aromatic carbocycles. The van der Waals surface area contributed by atoms with Crippen molar-refractivity contribution < 1.29 is 14.3 Å². The van der Waals surface area contributed by atoms with E-state index in [0.29, 0.717) is 11.4 Å². The second-order valence-electron chi connectivity index (χ2n) is 6.27. The van der Waals surface area contributed by atoms with Crippen LogP contribution in [0.15, 0.2) is 35.7 Å². The van der Waals surface area contributed by atoms with Gasteiger partial charge in [-0.15, -0.1) is 11.3 Å². The summed E-state index contributed by atoms with van der Waals surface area (Å²) in [4.78, 5) is 29.0. The number of rotatable bonds is 8. The minimum absolute atomic E-state index is 0.231. The number of hydrogen-bond donors (Lipinski definition) is 2. The van der Waals surface area contributed by atoms with E-state index in [1.807, 2.05) is 30.3 Å². The number of nitrogens with zero attached hydrogens (tertiary/aromatic N) is 1. The van der Waals surface area contributed by atoms with Crippen molar-refractivity contribution in [2.75, 3.05) is 19.4 Å². The number of thioether (sulfide) groups is 1. The van der Waals surface area contributed by atoms with Crippen LogP contribution in [0.4, 0.5) is 0 Å². The van der Waals surface area contributed by atoms with E-state index in [2.05, 4.69) is 15.6 Å². The Bertz CT molecular complexity index is 761. The lowest BCUT2D eigenvalue weighted by Crippen LogP contribution is -2.43. The summed E-state index contributed by atoms with van der Waals surface area (Å²) < 4.78 is 4.84. The fourth-order valence-electron chi connectivity index (χ4n) is 2.86. The van der Waals surface area contributed by atoms with Crippen molar-refractivity contribution in [2.45, 2.75) is 30.7 Å². The Kier molecular flexibility index (Phi) is 7.25. The molecule has 6 nitrogen and oxygen atoms in total. The van der Waals surface area contributed by atoms with Gasteiger partial charge in [-0.2, -0.15) is 11.8 Å². The van der Waals surface area contributed by atoms with Crippen LogP contribution in [0.3, 0.4) is 0 Å². The minimum atomic E-state index is -0.703. The Morgan fingerprint density at radius 3 is 2.93 bits per heavy atom. The van der Waals surface area contributed by atoms with Crippen LogP contribution in [0.2, 0.25) is 0 Å². The number of aromatic nitrogens is 1. The molecule has 2 unspecified atom stereocenters. The first-order chi connectivity index (χ1) is 13.2. The van der Waals surface area contributed by atoms with Crippen LogP contribution < -0.4 is 10.6 Å². The van der Waals surface area contributed by atoms with Gasteiger partial charge in [-0.25, -0.2) is 9.78 Å². The third kappa shape index (κ3) is 5.54. The number of methoxy groups -OCH3 is 1. The highest BCUT2D eigenvalue weighted by Crippen LogP contribution is 2.26. The van der Waals surface area contributed by atoms with Crippen LogP contribution in [0.5, 0.6) is 0 Å². The van der Waals surface area contributed by atoms with E-state index in [1.54, 1.807) is 17.1 Å². The SMILES string of the molecule is COC(=O)C(CSCc1ccccc1)NC(=O)c1csc(C2CCCN2)n1. The number of nitrogens with one attached hydrogen (secondary N) is 2. The van der Waals surface area contributed by atoms with Gasteiger partial charge in [0.1, 0.15) is 16.7 Å². The first-order valence-corrected chi connectivity index (χ1v) is 10.9. The lowest BCUT2D eigenvalue weighted by atomic mass is 10.2. The van der Waals surface area contributed by atoms with Crippen molar-refractivity contribution >= 4 is 35.0 Å². The molecular formula is C19H23N3O3S2. The highest BCUT2D eigenvalue weighted by molar-refractivity contribution is 7.98. The van der Waals surface area contributed by atoms with Crippen LogP contribution >= 0.6 is 23.1 Å². The van der Waals surface area contributed by atoms with E-state index < -0.39 is 12.0 Å². The molecule has 8 heteroatoms. The molecule has 2 N–H and O–H groups in total. The lowest BCUT2D eigenvalue weighted by molar-refractivity contribution is -0.142. The van der Waals surface area contributed by atoms with Gasteiger partial charge in [0.2, 0.25) is 0 Å². The van der Waals surface area contributed by atoms with Crippen molar-refractivity contribution in [3.63, 3.8) is 0 Å². The van der Waals surface area contributed by atoms with Gasteiger partial charge in [0, 0.05) is 16.9 Å². The zero-order chi connectivity index (χ0) is 19.1. The molecule has 2 heterocycles. The van der Waals surface area contributed by atoms with Gasteiger partial charge in [-0.3, -0.25) is 4.79 Å². The van der Waals surface area contributed by atoms with Crippen LogP contribution in [-0.2, 0) is 15.3 Å². The molecule has 0 radical (unpaired) electrons. The van der Waals surface area contributed by atoms with E-state index in [0.717, 1.165) is 30.1 Å². The molecule has 2 aromatic rings. The second kappa shape index (κ2) is 9.87. The van der Waals surface area contributed by atoms with Crippen LogP contribution in [0.1, 0.15) is 39.9 Å². The molecule has 2 atom stereocenters. The van der Waals surface area contributed by atoms with Gasteiger partial charge < -0.3 is 15.4 Å². The summed E-state index contributed by atoms with van der Waals surface area (Å²) in [5.41, 5.74) is 1.52. The summed E-state index contributed by atoms with van der Waals surface area (Å²) in [6, 6.07) is 9.53. The standard InChI is InChI=1S/C19H23N3O3S2/c1-25-19(24)16(11-26-10-13-6-3-2-4-7-13)21-17(23)15-12-27-18(22-15)14-8-5-9-20-14/h2-4,6-7,12,14,16,20H,5,8-11H2,1H3,(H,21,23). The Labute approximate surface area is 167 Å². The highest BCUT2D eigenvalue weighted by atomic mass is 32.2. The number of carbonyl (C=O) groups excluding carboxylic acids is 2. The number of amides is 1. The van der Waals surface area contributed by atoms with E-state index in [9.17, 15) is 9.59 Å². The molecule has 1 aromatic heterocycles. The fraction of sp³-hybridized carbons (Fsp3) is 0.421. The van der Waals surface area contributed by atoms with E-state index in [-0.39, 0.29) is 11.9 Å². The number of benzene rings is 1. The van der Waals surface area contributed by atoms with Crippen LogP contribution in [0, 0.1) is 0 Å². The van der Waals surface area contributed by atoms with Gasteiger partial charge in [-0.05, 0) is 24.9 Å². The second-order valence-corrected chi connectivity index (χ2v) is 8.19. The fourth-order valence-corrected chi connectivity index (χ4v) is 4.77. The molecular weight excluding hydrogens is 382 g/mol. The normalized spacial score (nSPS) is 17.4. The number of thiazole rings is 1. The smallest absolute Gasteiger partial charge is 0.329 e. The molecule has 27 heavy (non-hydrogen) atoms. The summed E-state index contributed by atoms with van der Waals surface area (Å²) in [5, 5.41) is 8.81. The zero-order valence-electron chi connectivity index (χ0n) is 15.1. The molecule has 1 aliphatic rings. The third-order valence-electron chi connectivity index (χ3n) is 4.30. The first kappa shape index (κ1) is 19.9. The van der Waals surface area contributed by atoms with Crippen molar-refractivity contribution in [3.8, 4) is 0 Å². The molecule has 0 spiro atoms. The monoisotopic (exact) mass is 405 g/mol. The van der Waals surface area contributed by atoms with E-state index >= 15 is 0 Å². The van der Waals surface area contributed by atoms with Gasteiger partial charge in [0.25, 0.3) is 5.91 Å². The number of esters is 1. The van der Waals surface area contributed by atoms with Crippen molar-refractivity contribution in [2.24, 2.45) is 0 Å². The van der Waals surface area contributed by atoms with Gasteiger partial charge in [-0.1, -0.05) is 30.3 Å². The van der Waals surface area contributed by atoms with Gasteiger partial charge in [0.15, 0.2) is 0 Å². The predicted octanol–water partition coefficient (Wildman–Crippen LogP) is 2.77. The predicted molar refractivity (Wildman–Crippen MR) is 108 cm³/mol. The Morgan fingerprint density at radius 2 is 2.22 bits per heavy atom. The van der Waals surface area contributed by atoms with E-state index in [4.69, 9.17) is 4.74 Å².